The average molecular weight is 194 g/mol. The first-order chi connectivity index (χ1) is 6.69. The number of ether oxygens (including phenoxy) is 1. The maximum Gasteiger partial charge on any atom is 0.338 e. The van der Waals surface area contributed by atoms with Crippen LogP contribution in [0.3, 0.4) is 0 Å². The van der Waals surface area contributed by atoms with Gasteiger partial charge in [-0.3, -0.25) is 0 Å². The molecular formula is C11H11FO2. The largest absolute Gasteiger partial charge is 0.462 e. The molecule has 0 aliphatic carbocycles. The third kappa shape index (κ3) is 2.19. The van der Waals surface area contributed by atoms with Gasteiger partial charge in [-0.1, -0.05) is 18.7 Å². The predicted octanol–water partition coefficient (Wildman–Crippen LogP) is 2.65. The van der Waals surface area contributed by atoms with E-state index in [9.17, 15) is 9.18 Å². The van der Waals surface area contributed by atoms with Crippen molar-refractivity contribution in [1.29, 1.82) is 0 Å². The molecule has 0 heterocycles. The zero-order valence-electron chi connectivity index (χ0n) is 7.92. The van der Waals surface area contributed by atoms with Gasteiger partial charge < -0.3 is 4.74 Å². The Balaban J connectivity index is 3.10. The Morgan fingerprint density at radius 1 is 1.64 bits per heavy atom. The van der Waals surface area contributed by atoms with Crippen molar-refractivity contribution in [2.75, 3.05) is 6.61 Å². The number of carbonyl (C=O) groups is 1. The van der Waals surface area contributed by atoms with Crippen LogP contribution in [0, 0.1) is 5.82 Å². The summed E-state index contributed by atoms with van der Waals surface area (Å²) >= 11 is 0. The van der Waals surface area contributed by atoms with Crippen LogP contribution in [0.15, 0.2) is 24.8 Å². The third-order valence-electron chi connectivity index (χ3n) is 1.73. The van der Waals surface area contributed by atoms with Gasteiger partial charge in [-0.25, -0.2) is 9.18 Å². The molecule has 0 saturated heterocycles. The normalized spacial score (nSPS) is 9.57. The van der Waals surface area contributed by atoms with Crippen molar-refractivity contribution >= 4 is 12.0 Å². The predicted molar refractivity (Wildman–Crippen MR) is 52.4 cm³/mol. The summed E-state index contributed by atoms with van der Waals surface area (Å²) in [6.45, 7) is 5.50. The van der Waals surface area contributed by atoms with Gasteiger partial charge in [0.25, 0.3) is 0 Å². The highest BCUT2D eigenvalue weighted by Crippen LogP contribution is 2.13. The van der Waals surface area contributed by atoms with Crippen LogP contribution >= 0.6 is 0 Å². The van der Waals surface area contributed by atoms with Crippen LogP contribution in [0.5, 0.6) is 0 Å². The smallest absolute Gasteiger partial charge is 0.338 e. The molecule has 0 saturated carbocycles. The molecule has 0 fully saturated rings. The van der Waals surface area contributed by atoms with E-state index in [1.807, 2.05) is 0 Å². The van der Waals surface area contributed by atoms with E-state index in [0.29, 0.717) is 5.56 Å². The minimum atomic E-state index is -0.526. The summed E-state index contributed by atoms with van der Waals surface area (Å²) in [5.41, 5.74) is 0.784. The standard InChI is InChI=1S/C11H11FO2/c1-3-8-5-6-9(12)7-10(8)11(13)14-4-2/h3,5-7H,1,4H2,2H3. The lowest BCUT2D eigenvalue weighted by atomic mass is 10.1. The second-order valence-electron chi connectivity index (χ2n) is 2.66. The van der Waals surface area contributed by atoms with E-state index in [1.54, 1.807) is 6.92 Å². The molecular weight excluding hydrogens is 183 g/mol. The highest BCUT2D eigenvalue weighted by Gasteiger charge is 2.11. The molecule has 1 rings (SSSR count). The maximum absolute atomic E-state index is 12.8. The Hall–Kier alpha value is -1.64. The Morgan fingerprint density at radius 3 is 2.93 bits per heavy atom. The number of hydrogen-bond acceptors (Lipinski definition) is 2. The molecule has 1 aromatic rings. The summed E-state index contributed by atoms with van der Waals surface area (Å²) in [4.78, 5) is 11.3. The van der Waals surface area contributed by atoms with E-state index >= 15 is 0 Å². The minimum absolute atomic E-state index is 0.210. The first-order valence-electron chi connectivity index (χ1n) is 4.28. The summed E-state index contributed by atoms with van der Waals surface area (Å²) in [6, 6.07) is 3.92. The second-order valence-corrected chi connectivity index (χ2v) is 2.66. The van der Waals surface area contributed by atoms with E-state index < -0.39 is 11.8 Å². The van der Waals surface area contributed by atoms with E-state index in [2.05, 4.69) is 6.58 Å². The van der Waals surface area contributed by atoms with Crippen molar-refractivity contribution in [1.82, 2.24) is 0 Å². The van der Waals surface area contributed by atoms with Gasteiger partial charge in [0.2, 0.25) is 0 Å². The number of hydrogen-bond donors (Lipinski definition) is 0. The quantitative estimate of drug-likeness (QED) is 0.691. The van der Waals surface area contributed by atoms with Crippen LogP contribution in [0.4, 0.5) is 4.39 Å². The number of rotatable bonds is 3. The SMILES string of the molecule is C=Cc1ccc(F)cc1C(=O)OCC. The van der Waals surface area contributed by atoms with E-state index in [1.165, 1.54) is 18.2 Å². The molecule has 2 nitrogen and oxygen atoms in total. The number of halogens is 1. The monoisotopic (exact) mass is 194 g/mol. The summed E-state index contributed by atoms with van der Waals surface area (Å²) in [5, 5.41) is 0. The zero-order chi connectivity index (χ0) is 10.6. The molecule has 0 amide bonds. The second kappa shape index (κ2) is 4.56. The lowest BCUT2D eigenvalue weighted by molar-refractivity contribution is 0.0525. The Bertz CT molecular complexity index is 358. The van der Waals surface area contributed by atoms with Crippen molar-refractivity contribution in [2.24, 2.45) is 0 Å². The fourth-order valence-electron chi connectivity index (χ4n) is 1.09. The Morgan fingerprint density at radius 2 is 2.36 bits per heavy atom. The number of esters is 1. The van der Waals surface area contributed by atoms with Gasteiger partial charge in [-0.05, 0) is 24.6 Å². The fourth-order valence-corrected chi connectivity index (χ4v) is 1.09. The van der Waals surface area contributed by atoms with Gasteiger partial charge in [-0.15, -0.1) is 0 Å². The molecule has 3 heteroatoms. The third-order valence-corrected chi connectivity index (χ3v) is 1.73. The average Bonchev–Trinajstić information content (AvgIpc) is 2.18. The van der Waals surface area contributed by atoms with Crippen LogP contribution in [0.25, 0.3) is 6.08 Å². The molecule has 14 heavy (non-hydrogen) atoms. The van der Waals surface area contributed by atoms with Crippen LogP contribution in [-0.4, -0.2) is 12.6 Å². The van der Waals surface area contributed by atoms with Crippen LogP contribution < -0.4 is 0 Å². The van der Waals surface area contributed by atoms with Gasteiger partial charge in [-0.2, -0.15) is 0 Å². The lowest BCUT2D eigenvalue weighted by Gasteiger charge is -2.05. The Labute approximate surface area is 82.0 Å². The van der Waals surface area contributed by atoms with Crippen LogP contribution in [0.2, 0.25) is 0 Å². The van der Waals surface area contributed by atoms with E-state index in [4.69, 9.17) is 4.74 Å². The van der Waals surface area contributed by atoms with Crippen molar-refractivity contribution in [3.05, 3.63) is 41.7 Å². The Kier molecular flexibility index (Phi) is 3.40. The van der Waals surface area contributed by atoms with Crippen LogP contribution in [0.1, 0.15) is 22.8 Å². The molecule has 74 valence electrons. The van der Waals surface area contributed by atoms with Crippen LogP contribution in [-0.2, 0) is 4.74 Å². The molecule has 0 aromatic heterocycles. The summed E-state index contributed by atoms with van der Waals surface area (Å²) in [6.07, 6.45) is 1.49. The van der Waals surface area contributed by atoms with Crippen molar-refractivity contribution in [2.45, 2.75) is 6.92 Å². The van der Waals surface area contributed by atoms with Gasteiger partial charge in [0.1, 0.15) is 5.82 Å². The van der Waals surface area contributed by atoms with Crippen molar-refractivity contribution < 1.29 is 13.9 Å². The van der Waals surface area contributed by atoms with Crippen molar-refractivity contribution in [3.63, 3.8) is 0 Å². The molecule has 0 aliphatic rings. The molecule has 0 spiro atoms. The van der Waals surface area contributed by atoms with Gasteiger partial charge in [0, 0.05) is 0 Å². The summed E-state index contributed by atoms with van der Waals surface area (Å²) < 4.78 is 17.6. The van der Waals surface area contributed by atoms with Crippen molar-refractivity contribution in [3.8, 4) is 0 Å². The number of benzene rings is 1. The molecule has 0 radical (unpaired) electrons. The van der Waals surface area contributed by atoms with Gasteiger partial charge in [0.05, 0.1) is 12.2 Å². The molecule has 0 unspecified atom stereocenters. The first kappa shape index (κ1) is 10.4. The summed E-state index contributed by atoms with van der Waals surface area (Å²) in [5.74, 6) is -0.986. The summed E-state index contributed by atoms with van der Waals surface area (Å²) in [7, 11) is 0. The fraction of sp³-hybridized carbons (Fsp3) is 0.182. The highest BCUT2D eigenvalue weighted by atomic mass is 19.1. The van der Waals surface area contributed by atoms with E-state index in [-0.39, 0.29) is 12.2 Å². The maximum atomic E-state index is 12.8. The highest BCUT2D eigenvalue weighted by molar-refractivity contribution is 5.93. The molecule has 0 N–H and O–H groups in total. The minimum Gasteiger partial charge on any atom is -0.462 e. The number of carbonyl (C=O) groups excluding carboxylic acids is 1. The molecule has 1 aromatic carbocycles. The van der Waals surface area contributed by atoms with Gasteiger partial charge >= 0.3 is 5.97 Å². The molecule has 0 bridgehead atoms. The molecule has 0 atom stereocenters. The first-order valence-corrected chi connectivity index (χ1v) is 4.28. The topological polar surface area (TPSA) is 26.3 Å². The van der Waals surface area contributed by atoms with Gasteiger partial charge in [0.15, 0.2) is 0 Å². The lowest BCUT2D eigenvalue weighted by Crippen LogP contribution is -2.06. The molecule has 0 aliphatic heterocycles. The van der Waals surface area contributed by atoms with E-state index in [0.717, 1.165) is 6.07 Å². The zero-order valence-corrected chi connectivity index (χ0v) is 7.92.